The molecule has 4 nitrogen and oxygen atoms in total. The van der Waals surface area contributed by atoms with E-state index in [2.05, 4.69) is 0 Å². The minimum atomic E-state index is -4.41. The molecule has 0 amide bonds. The van der Waals surface area contributed by atoms with Gasteiger partial charge >= 0.3 is 6.18 Å². The lowest BCUT2D eigenvalue weighted by atomic mass is 10.1. The van der Waals surface area contributed by atoms with Crippen LogP contribution in [-0.4, -0.2) is 31.0 Å². The highest BCUT2D eigenvalue weighted by Crippen LogP contribution is 2.26. The summed E-state index contributed by atoms with van der Waals surface area (Å²) >= 11 is 0. The number of rotatable bonds is 4. The quantitative estimate of drug-likeness (QED) is 0.804. The van der Waals surface area contributed by atoms with Crippen LogP contribution >= 0.6 is 0 Å². The van der Waals surface area contributed by atoms with Crippen molar-refractivity contribution in [3.8, 4) is 6.07 Å². The van der Waals surface area contributed by atoms with Crippen LogP contribution in [0.1, 0.15) is 5.56 Å². The summed E-state index contributed by atoms with van der Waals surface area (Å²) < 4.78 is 37.2. The monoisotopic (exact) mass is 259 g/mol. The topological polar surface area (TPSA) is 73.3 Å². The number of benzene rings is 1. The van der Waals surface area contributed by atoms with Crippen LogP contribution in [0.25, 0.3) is 0 Å². The van der Waals surface area contributed by atoms with E-state index in [1.54, 1.807) is 6.07 Å². The molecule has 0 aliphatic carbocycles. The fourth-order valence-electron chi connectivity index (χ4n) is 1.54. The number of aliphatic hydroxyl groups excluding tert-OH is 1. The Morgan fingerprint density at radius 1 is 1.39 bits per heavy atom. The molecule has 1 aromatic rings. The first kappa shape index (κ1) is 14.1. The Balaban J connectivity index is 3.10. The second-order valence-electron chi connectivity index (χ2n) is 3.65. The van der Waals surface area contributed by atoms with Crippen LogP contribution < -0.4 is 10.6 Å². The zero-order valence-corrected chi connectivity index (χ0v) is 9.41. The van der Waals surface area contributed by atoms with Gasteiger partial charge in [-0.15, -0.1) is 0 Å². The first-order valence-corrected chi connectivity index (χ1v) is 5.09. The Morgan fingerprint density at radius 3 is 2.56 bits per heavy atom. The maximum Gasteiger partial charge on any atom is 0.405 e. The summed E-state index contributed by atoms with van der Waals surface area (Å²) in [5.41, 5.74) is 5.92. The Bertz CT molecular complexity index is 454. The fraction of sp³-hybridized carbons (Fsp3) is 0.364. The van der Waals surface area contributed by atoms with E-state index in [9.17, 15) is 13.2 Å². The van der Waals surface area contributed by atoms with Crippen LogP contribution in [0.4, 0.5) is 24.5 Å². The lowest BCUT2D eigenvalue weighted by Crippen LogP contribution is -2.36. The lowest BCUT2D eigenvalue weighted by Gasteiger charge is -2.26. The van der Waals surface area contributed by atoms with Gasteiger partial charge in [0.1, 0.15) is 12.6 Å². The van der Waals surface area contributed by atoms with Crippen LogP contribution in [0.3, 0.4) is 0 Å². The number of hydrogen-bond donors (Lipinski definition) is 2. The van der Waals surface area contributed by atoms with Crippen molar-refractivity contribution in [3.63, 3.8) is 0 Å². The zero-order chi connectivity index (χ0) is 13.8. The van der Waals surface area contributed by atoms with E-state index < -0.39 is 19.3 Å². The molecule has 1 aromatic carbocycles. The van der Waals surface area contributed by atoms with Gasteiger partial charge in [-0.05, 0) is 18.2 Å². The standard InChI is InChI=1S/C11H12F3N3O/c12-11(13,14)7-17(3-4-18)10-2-1-9(16)5-8(10)6-15/h1-2,5,18H,3-4,7,16H2. The Morgan fingerprint density at radius 2 is 2.06 bits per heavy atom. The Labute approximate surface area is 102 Å². The molecule has 0 unspecified atom stereocenters. The van der Waals surface area contributed by atoms with Crippen LogP contribution in [0.5, 0.6) is 0 Å². The van der Waals surface area contributed by atoms with E-state index >= 15 is 0 Å². The summed E-state index contributed by atoms with van der Waals surface area (Å²) in [6.45, 7) is -1.88. The molecule has 0 spiro atoms. The number of anilines is 2. The Kier molecular flexibility index (Phi) is 4.39. The predicted octanol–water partition coefficient (Wildman–Crippen LogP) is 1.50. The predicted molar refractivity (Wildman–Crippen MR) is 60.9 cm³/mol. The minimum Gasteiger partial charge on any atom is -0.399 e. The van der Waals surface area contributed by atoms with Crippen LogP contribution in [0.15, 0.2) is 18.2 Å². The van der Waals surface area contributed by atoms with E-state index in [1.807, 2.05) is 0 Å². The van der Waals surface area contributed by atoms with Gasteiger partial charge in [-0.2, -0.15) is 18.4 Å². The molecule has 98 valence electrons. The summed E-state index contributed by atoms with van der Waals surface area (Å²) in [7, 11) is 0. The molecule has 0 fully saturated rings. The van der Waals surface area contributed by atoms with Gasteiger partial charge in [0.15, 0.2) is 0 Å². The van der Waals surface area contributed by atoms with E-state index in [-0.39, 0.29) is 17.8 Å². The summed E-state index contributed by atoms with van der Waals surface area (Å²) in [4.78, 5) is 0.901. The molecule has 0 radical (unpaired) electrons. The van der Waals surface area contributed by atoms with E-state index in [0.29, 0.717) is 5.69 Å². The molecule has 1 rings (SSSR count). The molecule has 3 N–H and O–H groups in total. The third-order valence-electron chi connectivity index (χ3n) is 2.22. The number of alkyl halides is 3. The molecular formula is C11H12F3N3O. The molecule has 0 bridgehead atoms. The average molecular weight is 259 g/mol. The van der Waals surface area contributed by atoms with Gasteiger partial charge in [-0.3, -0.25) is 0 Å². The van der Waals surface area contributed by atoms with Gasteiger partial charge in [0.25, 0.3) is 0 Å². The maximum absolute atomic E-state index is 12.4. The van der Waals surface area contributed by atoms with Crippen molar-refractivity contribution >= 4 is 11.4 Å². The van der Waals surface area contributed by atoms with Gasteiger partial charge in [-0.1, -0.05) is 0 Å². The van der Waals surface area contributed by atoms with Gasteiger partial charge in [0.2, 0.25) is 0 Å². The van der Waals surface area contributed by atoms with Crippen molar-refractivity contribution in [1.82, 2.24) is 0 Å². The minimum absolute atomic E-state index is 0.0488. The smallest absolute Gasteiger partial charge is 0.399 e. The molecule has 7 heteroatoms. The maximum atomic E-state index is 12.4. The molecule has 0 atom stereocenters. The number of halogens is 3. The Hall–Kier alpha value is -1.94. The van der Waals surface area contributed by atoms with Gasteiger partial charge in [0, 0.05) is 12.2 Å². The third kappa shape index (κ3) is 3.82. The molecule has 0 aliphatic rings. The SMILES string of the molecule is N#Cc1cc(N)ccc1N(CCO)CC(F)(F)F. The molecule has 0 saturated carbocycles. The summed E-state index contributed by atoms with van der Waals surface area (Å²) in [5.74, 6) is 0. The number of nitrogen functional groups attached to an aromatic ring is 1. The fourth-order valence-corrected chi connectivity index (χ4v) is 1.54. The van der Waals surface area contributed by atoms with Gasteiger partial charge < -0.3 is 15.7 Å². The molecule has 18 heavy (non-hydrogen) atoms. The van der Waals surface area contributed by atoms with Gasteiger partial charge in [-0.25, -0.2) is 0 Å². The highest BCUT2D eigenvalue weighted by molar-refractivity contribution is 5.64. The highest BCUT2D eigenvalue weighted by Gasteiger charge is 2.31. The summed E-state index contributed by atoms with van der Waals surface area (Å²) in [6, 6.07) is 5.85. The zero-order valence-electron chi connectivity index (χ0n) is 9.41. The molecule has 0 saturated heterocycles. The van der Waals surface area contributed by atoms with E-state index in [4.69, 9.17) is 16.1 Å². The lowest BCUT2D eigenvalue weighted by molar-refractivity contribution is -0.119. The van der Waals surface area contributed by atoms with Crippen molar-refractivity contribution in [2.24, 2.45) is 0 Å². The van der Waals surface area contributed by atoms with Crippen LogP contribution in [-0.2, 0) is 0 Å². The average Bonchev–Trinajstić information content (AvgIpc) is 2.26. The molecule has 0 aromatic heterocycles. The van der Waals surface area contributed by atoms with Gasteiger partial charge in [0.05, 0.1) is 17.9 Å². The number of aliphatic hydroxyl groups is 1. The molecule has 0 heterocycles. The number of hydrogen-bond acceptors (Lipinski definition) is 4. The van der Waals surface area contributed by atoms with E-state index in [0.717, 1.165) is 4.90 Å². The number of nitrogens with zero attached hydrogens (tertiary/aromatic N) is 2. The summed E-state index contributed by atoms with van der Waals surface area (Å²) in [6.07, 6.45) is -4.41. The van der Waals surface area contributed by atoms with Crippen LogP contribution in [0.2, 0.25) is 0 Å². The largest absolute Gasteiger partial charge is 0.405 e. The first-order valence-electron chi connectivity index (χ1n) is 5.09. The normalized spacial score (nSPS) is 11.1. The second kappa shape index (κ2) is 5.60. The number of nitrogens with two attached hydrogens (primary N) is 1. The molecular weight excluding hydrogens is 247 g/mol. The third-order valence-corrected chi connectivity index (χ3v) is 2.22. The highest BCUT2D eigenvalue weighted by atomic mass is 19.4. The first-order chi connectivity index (χ1) is 8.37. The van der Waals surface area contributed by atoms with Crippen molar-refractivity contribution in [1.29, 1.82) is 5.26 Å². The van der Waals surface area contributed by atoms with E-state index in [1.165, 1.54) is 18.2 Å². The second-order valence-corrected chi connectivity index (χ2v) is 3.65. The van der Waals surface area contributed by atoms with Crippen molar-refractivity contribution in [3.05, 3.63) is 23.8 Å². The summed E-state index contributed by atoms with van der Waals surface area (Å²) in [5, 5.41) is 17.7. The van der Waals surface area contributed by atoms with Crippen molar-refractivity contribution in [2.75, 3.05) is 30.3 Å². The van der Waals surface area contributed by atoms with Crippen LogP contribution in [0, 0.1) is 11.3 Å². The molecule has 0 aliphatic heterocycles. The van der Waals surface area contributed by atoms with Crippen molar-refractivity contribution in [2.45, 2.75) is 6.18 Å². The number of nitriles is 1. The van der Waals surface area contributed by atoms with Crippen molar-refractivity contribution < 1.29 is 18.3 Å².